The van der Waals surface area contributed by atoms with Gasteiger partial charge in [-0.15, -0.1) is 0 Å². The van der Waals surface area contributed by atoms with Crippen LogP contribution in [-0.2, 0) is 4.79 Å². The van der Waals surface area contributed by atoms with E-state index in [1.54, 1.807) is 0 Å². The lowest BCUT2D eigenvalue weighted by atomic mass is 10.0. The molecule has 3 N–H and O–H groups in total. The summed E-state index contributed by atoms with van der Waals surface area (Å²) in [7, 11) is 0. The van der Waals surface area contributed by atoms with Crippen LogP contribution in [0.15, 0.2) is 24.3 Å². The third-order valence-electron chi connectivity index (χ3n) is 11.0. The lowest BCUT2D eigenvalue weighted by Gasteiger charge is -2.22. The molecule has 2 atom stereocenters. The fraction of sp³-hybridized carbons (Fsp3) is 0.896. The Morgan fingerprint density at radius 1 is 0.462 bits per heavy atom. The molecule has 0 aromatic carbocycles. The largest absolute Gasteiger partial charge is 0.394 e. The van der Waals surface area contributed by atoms with Crippen molar-refractivity contribution in [2.45, 2.75) is 270 Å². The van der Waals surface area contributed by atoms with Gasteiger partial charge in [-0.2, -0.15) is 0 Å². The highest BCUT2D eigenvalue weighted by Crippen LogP contribution is 2.17. The van der Waals surface area contributed by atoms with E-state index in [1.165, 1.54) is 199 Å². The molecule has 0 saturated heterocycles. The summed E-state index contributed by atoms with van der Waals surface area (Å²) in [5, 5.41) is 23.2. The van der Waals surface area contributed by atoms with Gasteiger partial charge in [0.2, 0.25) is 5.91 Å². The van der Waals surface area contributed by atoms with Crippen molar-refractivity contribution in [3.05, 3.63) is 24.3 Å². The monoisotopic (exact) mass is 732 g/mol. The van der Waals surface area contributed by atoms with E-state index in [0.29, 0.717) is 12.8 Å². The summed E-state index contributed by atoms with van der Waals surface area (Å²) < 4.78 is 0. The number of rotatable bonds is 43. The fourth-order valence-corrected chi connectivity index (χ4v) is 7.33. The molecule has 4 nitrogen and oxygen atoms in total. The van der Waals surface area contributed by atoms with Crippen LogP contribution >= 0.6 is 0 Å². The summed E-state index contributed by atoms with van der Waals surface area (Å²) in [6.07, 6.45) is 56.9. The van der Waals surface area contributed by atoms with Crippen LogP contribution in [0.5, 0.6) is 0 Å². The van der Waals surface area contributed by atoms with Crippen LogP contribution in [0, 0.1) is 0 Å². The first kappa shape index (κ1) is 50.9. The van der Waals surface area contributed by atoms with E-state index in [2.05, 4.69) is 43.5 Å². The molecule has 0 aliphatic heterocycles. The Kier molecular flexibility index (Phi) is 43.3. The average molecular weight is 732 g/mol. The first-order valence-electron chi connectivity index (χ1n) is 23.5. The van der Waals surface area contributed by atoms with Crippen LogP contribution in [0.25, 0.3) is 0 Å². The van der Waals surface area contributed by atoms with E-state index < -0.39 is 12.1 Å². The zero-order valence-corrected chi connectivity index (χ0v) is 35.3. The summed E-state index contributed by atoms with van der Waals surface area (Å²) in [6, 6.07) is -0.537. The van der Waals surface area contributed by atoms with Gasteiger partial charge in [-0.25, -0.2) is 0 Å². The van der Waals surface area contributed by atoms with E-state index >= 15 is 0 Å². The van der Waals surface area contributed by atoms with Crippen molar-refractivity contribution in [2.75, 3.05) is 6.61 Å². The average Bonchev–Trinajstić information content (AvgIpc) is 3.15. The molecule has 0 heterocycles. The molecule has 2 unspecified atom stereocenters. The lowest BCUT2D eigenvalue weighted by molar-refractivity contribution is -0.123. The van der Waals surface area contributed by atoms with Gasteiger partial charge in [-0.05, 0) is 44.9 Å². The third-order valence-corrected chi connectivity index (χ3v) is 11.0. The van der Waals surface area contributed by atoms with E-state index in [4.69, 9.17) is 0 Å². The number of carbonyl (C=O) groups excluding carboxylic acids is 1. The molecule has 0 saturated carbocycles. The zero-order chi connectivity index (χ0) is 37.8. The van der Waals surface area contributed by atoms with Crippen molar-refractivity contribution in [1.29, 1.82) is 0 Å². The second-order valence-electron chi connectivity index (χ2n) is 16.2. The minimum atomic E-state index is -0.660. The smallest absolute Gasteiger partial charge is 0.220 e. The van der Waals surface area contributed by atoms with Gasteiger partial charge in [0.1, 0.15) is 0 Å². The topological polar surface area (TPSA) is 69.6 Å². The Bertz CT molecular complexity index is 750. The number of allylic oxidation sites excluding steroid dienone is 4. The highest BCUT2D eigenvalue weighted by molar-refractivity contribution is 5.76. The maximum Gasteiger partial charge on any atom is 0.220 e. The third kappa shape index (κ3) is 40.1. The number of hydrogen-bond acceptors (Lipinski definition) is 3. The van der Waals surface area contributed by atoms with Crippen molar-refractivity contribution in [2.24, 2.45) is 0 Å². The van der Waals surface area contributed by atoms with Crippen molar-refractivity contribution >= 4 is 5.91 Å². The summed E-state index contributed by atoms with van der Waals surface area (Å²) >= 11 is 0. The minimum Gasteiger partial charge on any atom is -0.394 e. The number of nitrogens with one attached hydrogen (secondary N) is 1. The summed E-state index contributed by atoms with van der Waals surface area (Å²) in [4.78, 5) is 12.4. The van der Waals surface area contributed by atoms with Crippen molar-refractivity contribution in [3.8, 4) is 0 Å². The number of unbranched alkanes of at least 4 members (excludes halogenated alkanes) is 32. The number of aliphatic hydroxyl groups is 2. The molecule has 0 aliphatic carbocycles. The maximum absolute atomic E-state index is 12.4. The number of hydrogen-bond donors (Lipinski definition) is 3. The van der Waals surface area contributed by atoms with E-state index in [0.717, 1.165) is 32.1 Å². The van der Waals surface area contributed by atoms with E-state index in [1.807, 2.05) is 0 Å². The van der Waals surface area contributed by atoms with Crippen LogP contribution < -0.4 is 5.32 Å². The quantitative estimate of drug-likeness (QED) is 0.0432. The second-order valence-corrected chi connectivity index (χ2v) is 16.2. The highest BCUT2D eigenvalue weighted by Gasteiger charge is 2.20. The molecule has 0 aliphatic rings. The standard InChI is InChI=1S/C48H93NO3/c1-3-5-7-9-11-13-15-17-19-21-23-24-26-27-29-31-33-35-37-39-41-43-47(51)46(45-50)49-48(52)44-42-40-38-36-34-32-30-28-25-22-20-18-16-14-12-10-8-6-4-2/h12,14,18,20,46-47,50-51H,3-11,13,15-17,19,21-45H2,1-2H3,(H,49,52)/b14-12-,20-18-. The first-order valence-corrected chi connectivity index (χ1v) is 23.5. The van der Waals surface area contributed by atoms with Crippen molar-refractivity contribution in [1.82, 2.24) is 5.32 Å². The number of aliphatic hydroxyl groups excluding tert-OH is 2. The van der Waals surface area contributed by atoms with Gasteiger partial charge in [0.25, 0.3) is 0 Å². The van der Waals surface area contributed by atoms with Gasteiger partial charge < -0.3 is 15.5 Å². The molecule has 1 amide bonds. The number of amides is 1. The van der Waals surface area contributed by atoms with E-state index in [9.17, 15) is 15.0 Å². The van der Waals surface area contributed by atoms with Gasteiger partial charge in [-0.3, -0.25) is 4.79 Å². The minimum absolute atomic E-state index is 0.0334. The van der Waals surface area contributed by atoms with Gasteiger partial charge in [0.05, 0.1) is 18.8 Å². The van der Waals surface area contributed by atoms with Gasteiger partial charge in [0.15, 0.2) is 0 Å². The van der Waals surface area contributed by atoms with Crippen molar-refractivity contribution in [3.63, 3.8) is 0 Å². The molecule has 308 valence electrons. The van der Waals surface area contributed by atoms with Crippen LogP contribution in [0.2, 0.25) is 0 Å². The lowest BCUT2D eigenvalue weighted by Crippen LogP contribution is -2.45. The Labute approximate surface area is 326 Å². The molecular weight excluding hydrogens is 639 g/mol. The predicted octanol–water partition coefficient (Wildman–Crippen LogP) is 14.8. The molecule has 0 bridgehead atoms. The molecule has 0 rings (SSSR count). The summed E-state index contributed by atoms with van der Waals surface area (Å²) in [5.41, 5.74) is 0. The highest BCUT2D eigenvalue weighted by atomic mass is 16.3. The van der Waals surface area contributed by atoms with Crippen LogP contribution in [0.3, 0.4) is 0 Å². The second kappa shape index (κ2) is 44.3. The number of carbonyl (C=O) groups is 1. The fourth-order valence-electron chi connectivity index (χ4n) is 7.33. The Balaban J connectivity index is 3.49. The molecule has 52 heavy (non-hydrogen) atoms. The Hall–Kier alpha value is -1.13. The van der Waals surface area contributed by atoms with Crippen LogP contribution in [-0.4, -0.2) is 34.9 Å². The Morgan fingerprint density at radius 3 is 1.19 bits per heavy atom. The molecule has 0 radical (unpaired) electrons. The Morgan fingerprint density at radius 2 is 0.788 bits per heavy atom. The summed E-state index contributed by atoms with van der Waals surface area (Å²) in [5.74, 6) is -0.0334. The van der Waals surface area contributed by atoms with Gasteiger partial charge in [-0.1, -0.05) is 231 Å². The van der Waals surface area contributed by atoms with Crippen LogP contribution in [0.4, 0.5) is 0 Å². The SMILES string of the molecule is CCCCC/C=C\C/C=C\CCCCCCCCCCCC(=O)NC(CO)C(O)CCCCCCCCCCCCCCCCCCCCCCC. The summed E-state index contributed by atoms with van der Waals surface area (Å²) in [6.45, 7) is 4.35. The first-order chi connectivity index (χ1) is 25.7. The molecular formula is C48H93NO3. The molecule has 0 spiro atoms. The van der Waals surface area contributed by atoms with Gasteiger partial charge >= 0.3 is 0 Å². The molecule has 0 aromatic heterocycles. The van der Waals surface area contributed by atoms with E-state index in [-0.39, 0.29) is 12.5 Å². The molecule has 0 aromatic rings. The molecule has 0 fully saturated rings. The normalized spacial score (nSPS) is 13.1. The maximum atomic E-state index is 12.4. The molecule has 4 heteroatoms. The van der Waals surface area contributed by atoms with Crippen LogP contribution in [0.1, 0.15) is 258 Å². The zero-order valence-electron chi connectivity index (χ0n) is 35.3. The predicted molar refractivity (Wildman–Crippen MR) is 230 cm³/mol. The van der Waals surface area contributed by atoms with Crippen molar-refractivity contribution < 1.29 is 15.0 Å². The van der Waals surface area contributed by atoms with Gasteiger partial charge in [0, 0.05) is 6.42 Å².